The first-order chi connectivity index (χ1) is 23.1. The van der Waals surface area contributed by atoms with E-state index < -0.39 is 11.6 Å². The molecule has 0 saturated heterocycles. The summed E-state index contributed by atoms with van der Waals surface area (Å²) in [6.45, 7) is 9.70. The van der Waals surface area contributed by atoms with Gasteiger partial charge in [0.05, 0.1) is 6.20 Å². The second kappa shape index (κ2) is 13.1. The van der Waals surface area contributed by atoms with E-state index in [0.29, 0.717) is 41.1 Å². The number of nitrogens with one attached hydrogen (secondary N) is 1. The number of pyridine rings is 2. The zero-order valence-corrected chi connectivity index (χ0v) is 28.8. The number of rotatable bonds is 7. The number of aromatic nitrogens is 5. The van der Waals surface area contributed by atoms with Gasteiger partial charge in [0.25, 0.3) is 5.91 Å². The van der Waals surface area contributed by atoms with Gasteiger partial charge in [0.15, 0.2) is 10.8 Å². The molecular weight excluding hydrogens is 623 g/mol. The smallest absolute Gasteiger partial charge is 0.358 e. The van der Waals surface area contributed by atoms with Gasteiger partial charge in [-0.2, -0.15) is 5.10 Å². The first kappa shape index (κ1) is 31.9. The summed E-state index contributed by atoms with van der Waals surface area (Å²) >= 11 is 1.35. The minimum Gasteiger partial charge on any atom is -0.455 e. The molecule has 1 N–H and O–H groups in total. The number of benzene rings is 1. The van der Waals surface area contributed by atoms with Crippen LogP contribution in [0, 0.1) is 12.8 Å². The number of carbonyl (C=O) groups is 2. The molecule has 5 aromatic rings. The Labute approximate surface area is 284 Å². The molecular formula is C37H41N7O3S. The van der Waals surface area contributed by atoms with Gasteiger partial charge in [0, 0.05) is 48.2 Å². The molecule has 1 amide bonds. The normalized spacial score (nSPS) is 15.4. The van der Waals surface area contributed by atoms with E-state index in [4.69, 9.17) is 14.8 Å². The molecule has 0 unspecified atom stereocenters. The van der Waals surface area contributed by atoms with Crippen molar-refractivity contribution in [2.45, 2.75) is 84.9 Å². The number of hydrogen-bond acceptors (Lipinski definition) is 9. The molecule has 48 heavy (non-hydrogen) atoms. The molecule has 0 bridgehead atoms. The van der Waals surface area contributed by atoms with E-state index in [1.807, 2.05) is 63.4 Å². The van der Waals surface area contributed by atoms with Crippen LogP contribution >= 0.6 is 11.3 Å². The molecule has 5 heterocycles. The third kappa shape index (κ3) is 6.69. The van der Waals surface area contributed by atoms with Crippen LogP contribution in [0.1, 0.15) is 90.5 Å². The number of amides is 1. The predicted molar refractivity (Wildman–Crippen MR) is 189 cm³/mol. The van der Waals surface area contributed by atoms with Crippen molar-refractivity contribution in [1.29, 1.82) is 0 Å². The first-order valence-corrected chi connectivity index (χ1v) is 17.6. The molecule has 0 atom stereocenters. The number of hydrogen-bond donors (Lipinski definition) is 1. The summed E-state index contributed by atoms with van der Waals surface area (Å²) in [7, 11) is 0. The number of esters is 1. The van der Waals surface area contributed by atoms with Crippen molar-refractivity contribution in [1.82, 2.24) is 24.7 Å². The van der Waals surface area contributed by atoms with Crippen LogP contribution in [-0.2, 0) is 24.2 Å². The first-order valence-electron chi connectivity index (χ1n) is 16.8. The van der Waals surface area contributed by atoms with Crippen LogP contribution in [0.3, 0.4) is 0 Å². The fourth-order valence-corrected chi connectivity index (χ4v) is 7.61. The van der Waals surface area contributed by atoms with Crippen molar-refractivity contribution in [2.75, 3.05) is 16.8 Å². The van der Waals surface area contributed by atoms with E-state index in [2.05, 4.69) is 37.9 Å². The fourth-order valence-electron chi connectivity index (χ4n) is 6.81. The maximum absolute atomic E-state index is 13.7. The van der Waals surface area contributed by atoms with Gasteiger partial charge in [0.2, 0.25) is 0 Å². The molecule has 1 aliphatic carbocycles. The molecule has 2 aliphatic rings. The average molecular weight is 664 g/mol. The number of carbonyl (C=O) groups excluding carboxylic acids is 2. The zero-order chi connectivity index (χ0) is 33.4. The Morgan fingerprint density at radius 3 is 2.65 bits per heavy atom. The molecule has 1 aromatic carbocycles. The third-order valence-corrected chi connectivity index (χ3v) is 10.1. The molecule has 1 saturated carbocycles. The average Bonchev–Trinajstić information content (AvgIpc) is 3.65. The van der Waals surface area contributed by atoms with Crippen molar-refractivity contribution in [3.63, 3.8) is 0 Å². The summed E-state index contributed by atoms with van der Waals surface area (Å²) in [6.07, 6.45) is 10.6. The van der Waals surface area contributed by atoms with Gasteiger partial charge in [-0.05, 0) is 94.3 Å². The number of anilines is 2. The van der Waals surface area contributed by atoms with Crippen LogP contribution in [0.15, 0.2) is 54.9 Å². The Morgan fingerprint density at radius 2 is 1.85 bits per heavy atom. The van der Waals surface area contributed by atoms with E-state index in [1.165, 1.54) is 43.4 Å². The standard InChI is InChI=1S/C37H41N7O3S/c1-23-28(20-39-44(23)21-24-10-6-5-7-11-24)26-15-16-31(41-32(26)35(46)47-37(2,3)4)43-19-17-25-12-8-13-27(29(25)22-43)33(45)42-36-40-30-14-9-18-38-34(30)48-36/h8-9,12-16,18,20,24H,5-7,10-11,17,19,21-22H2,1-4H3,(H,40,42,45). The molecule has 7 rings (SSSR count). The second-order valence-corrected chi connectivity index (χ2v) is 14.8. The lowest BCUT2D eigenvalue weighted by Crippen LogP contribution is -2.33. The number of nitrogens with zero attached hydrogens (tertiary/aromatic N) is 6. The topological polar surface area (TPSA) is 115 Å². The predicted octanol–water partition coefficient (Wildman–Crippen LogP) is 7.61. The molecule has 11 heteroatoms. The van der Waals surface area contributed by atoms with Gasteiger partial charge in [-0.15, -0.1) is 0 Å². The van der Waals surface area contributed by atoms with Crippen LogP contribution in [0.2, 0.25) is 0 Å². The van der Waals surface area contributed by atoms with Gasteiger partial charge in [-0.3, -0.25) is 14.8 Å². The van der Waals surface area contributed by atoms with E-state index >= 15 is 0 Å². The lowest BCUT2D eigenvalue weighted by Gasteiger charge is -2.31. The Kier molecular flexibility index (Phi) is 8.72. The summed E-state index contributed by atoms with van der Waals surface area (Å²) < 4.78 is 7.95. The monoisotopic (exact) mass is 663 g/mol. The van der Waals surface area contributed by atoms with Crippen molar-refractivity contribution in [2.24, 2.45) is 5.92 Å². The van der Waals surface area contributed by atoms with E-state index in [-0.39, 0.29) is 11.6 Å². The Morgan fingerprint density at radius 1 is 1.02 bits per heavy atom. The van der Waals surface area contributed by atoms with Gasteiger partial charge >= 0.3 is 5.97 Å². The van der Waals surface area contributed by atoms with Crippen molar-refractivity contribution in [3.8, 4) is 11.1 Å². The summed E-state index contributed by atoms with van der Waals surface area (Å²) in [6, 6.07) is 13.5. The lowest BCUT2D eigenvalue weighted by atomic mass is 9.89. The highest BCUT2D eigenvalue weighted by Gasteiger charge is 2.28. The van der Waals surface area contributed by atoms with Crippen LogP contribution < -0.4 is 10.2 Å². The summed E-state index contributed by atoms with van der Waals surface area (Å²) in [5, 5.41) is 8.24. The Hall–Kier alpha value is -4.64. The highest BCUT2D eigenvalue weighted by atomic mass is 32.1. The number of thiazole rings is 1. The van der Waals surface area contributed by atoms with E-state index in [0.717, 1.165) is 45.7 Å². The van der Waals surface area contributed by atoms with Gasteiger partial charge in [-0.25, -0.2) is 19.7 Å². The summed E-state index contributed by atoms with van der Waals surface area (Å²) in [5.41, 5.74) is 5.60. The SMILES string of the molecule is Cc1c(-c2ccc(N3CCc4cccc(C(=O)Nc5nc6cccnc6s5)c4C3)nc2C(=O)OC(C)(C)C)cnn1CC1CCCCC1. The molecule has 1 aliphatic heterocycles. The van der Waals surface area contributed by atoms with Crippen molar-refractivity contribution in [3.05, 3.63) is 82.9 Å². The highest BCUT2D eigenvalue weighted by Crippen LogP contribution is 2.34. The van der Waals surface area contributed by atoms with Crippen LogP contribution in [0.5, 0.6) is 0 Å². The molecule has 4 aromatic heterocycles. The lowest BCUT2D eigenvalue weighted by molar-refractivity contribution is 0.00638. The van der Waals surface area contributed by atoms with E-state index in [1.54, 1.807) is 6.20 Å². The van der Waals surface area contributed by atoms with Crippen LogP contribution in [-0.4, -0.2) is 48.8 Å². The quantitative estimate of drug-likeness (QED) is 0.177. The van der Waals surface area contributed by atoms with Crippen LogP contribution in [0.4, 0.5) is 10.9 Å². The van der Waals surface area contributed by atoms with Gasteiger partial charge in [-0.1, -0.05) is 42.7 Å². The Bertz CT molecular complexity index is 1950. The largest absolute Gasteiger partial charge is 0.455 e. The van der Waals surface area contributed by atoms with E-state index in [9.17, 15) is 9.59 Å². The van der Waals surface area contributed by atoms with Gasteiger partial charge in [0.1, 0.15) is 21.8 Å². The minimum absolute atomic E-state index is 0.216. The highest BCUT2D eigenvalue weighted by molar-refractivity contribution is 7.21. The van der Waals surface area contributed by atoms with Crippen molar-refractivity contribution < 1.29 is 14.3 Å². The second-order valence-electron chi connectivity index (χ2n) is 13.8. The van der Waals surface area contributed by atoms with Crippen molar-refractivity contribution >= 4 is 44.5 Å². The summed E-state index contributed by atoms with van der Waals surface area (Å²) in [5.74, 6) is 0.598. The maximum atomic E-state index is 13.7. The molecule has 10 nitrogen and oxygen atoms in total. The van der Waals surface area contributed by atoms with Gasteiger partial charge < -0.3 is 9.64 Å². The maximum Gasteiger partial charge on any atom is 0.358 e. The fraction of sp³-hybridized carbons (Fsp3) is 0.405. The minimum atomic E-state index is -0.683. The molecule has 0 radical (unpaired) electrons. The molecule has 0 spiro atoms. The molecule has 1 fully saturated rings. The Balaban J connectivity index is 1.18. The number of fused-ring (bicyclic) bond motifs is 2. The number of ether oxygens (including phenoxy) is 1. The zero-order valence-electron chi connectivity index (χ0n) is 28.0. The van der Waals surface area contributed by atoms with Crippen LogP contribution in [0.25, 0.3) is 21.5 Å². The third-order valence-electron chi connectivity index (χ3n) is 9.25. The molecule has 248 valence electrons. The summed E-state index contributed by atoms with van der Waals surface area (Å²) in [4.78, 5) is 44.0.